The minimum absolute atomic E-state index is 0.108. The van der Waals surface area contributed by atoms with Gasteiger partial charge < -0.3 is 10.4 Å². The Morgan fingerprint density at radius 2 is 1.81 bits per heavy atom. The Morgan fingerprint density at radius 1 is 1.06 bits per heavy atom. The van der Waals surface area contributed by atoms with Crippen LogP contribution in [0.4, 0.5) is 4.39 Å². The number of nitrogens with zero attached hydrogens (tertiary/aromatic N) is 1. The van der Waals surface area contributed by atoms with Gasteiger partial charge >= 0.3 is 0 Å². The molecule has 0 aliphatic carbocycles. The van der Waals surface area contributed by atoms with E-state index in [0.29, 0.717) is 29.4 Å². The van der Waals surface area contributed by atoms with Gasteiger partial charge in [-0.05, 0) is 61.7 Å². The molecule has 0 unspecified atom stereocenters. The summed E-state index contributed by atoms with van der Waals surface area (Å²) in [6.45, 7) is 1.54. The SMILES string of the molecule is CC(=O)c1ccc(-n2ccc(C(=O)NCCCc3ccc(Cl)c(Cl)c3)c(O)c2=O)cc1F. The normalized spacial score (nSPS) is 10.8. The van der Waals surface area contributed by atoms with Crippen LogP contribution in [-0.4, -0.2) is 27.9 Å². The van der Waals surface area contributed by atoms with Crippen LogP contribution in [0.25, 0.3) is 5.69 Å². The molecular weight excluding hydrogens is 458 g/mol. The Balaban J connectivity index is 1.68. The van der Waals surface area contributed by atoms with Crippen molar-refractivity contribution in [2.75, 3.05) is 6.54 Å². The van der Waals surface area contributed by atoms with Gasteiger partial charge in [0.15, 0.2) is 11.5 Å². The van der Waals surface area contributed by atoms with Gasteiger partial charge in [-0.2, -0.15) is 0 Å². The largest absolute Gasteiger partial charge is 0.502 e. The van der Waals surface area contributed by atoms with E-state index in [1.165, 1.54) is 31.3 Å². The lowest BCUT2D eigenvalue weighted by Crippen LogP contribution is -2.28. The fourth-order valence-electron chi connectivity index (χ4n) is 3.14. The van der Waals surface area contributed by atoms with E-state index >= 15 is 0 Å². The zero-order valence-electron chi connectivity index (χ0n) is 17.0. The summed E-state index contributed by atoms with van der Waals surface area (Å²) in [5, 5.41) is 13.8. The van der Waals surface area contributed by atoms with Crippen LogP contribution < -0.4 is 10.9 Å². The number of aromatic hydroxyl groups is 1. The van der Waals surface area contributed by atoms with Crippen molar-refractivity contribution < 1.29 is 19.1 Å². The lowest BCUT2D eigenvalue weighted by atomic mass is 10.1. The molecule has 1 aromatic heterocycles. The second-order valence-corrected chi connectivity index (χ2v) is 7.90. The van der Waals surface area contributed by atoms with Crippen LogP contribution in [0.15, 0.2) is 53.5 Å². The van der Waals surface area contributed by atoms with Gasteiger partial charge in [-0.3, -0.25) is 19.0 Å². The van der Waals surface area contributed by atoms with Gasteiger partial charge in [0.05, 0.1) is 26.9 Å². The molecule has 2 N–H and O–H groups in total. The molecule has 0 spiro atoms. The highest BCUT2D eigenvalue weighted by atomic mass is 35.5. The first kappa shape index (κ1) is 23.5. The number of ketones is 1. The number of pyridine rings is 1. The minimum Gasteiger partial charge on any atom is -0.502 e. The maximum absolute atomic E-state index is 14.1. The second-order valence-electron chi connectivity index (χ2n) is 7.08. The van der Waals surface area contributed by atoms with Gasteiger partial charge in [0.2, 0.25) is 0 Å². The summed E-state index contributed by atoms with van der Waals surface area (Å²) in [4.78, 5) is 36.3. The van der Waals surface area contributed by atoms with Crippen LogP contribution in [0, 0.1) is 5.82 Å². The predicted octanol–water partition coefficient (Wildman–Crippen LogP) is 4.55. The number of nitrogens with one attached hydrogen (secondary N) is 1. The van der Waals surface area contributed by atoms with Crippen molar-refractivity contribution in [2.24, 2.45) is 0 Å². The highest BCUT2D eigenvalue weighted by Gasteiger charge is 2.17. The van der Waals surface area contributed by atoms with Gasteiger partial charge in [0, 0.05) is 12.7 Å². The van der Waals surface area contributed by atoms with Crippen LogP contribution in [-0.2, 0) is 6.42 Å². The molecule has 166 valence electrons. The molecular formula is C23H19Cl2FN2O4. The third-order valence-electron chi connectivity index (χ3n) is 4.83. The zero-order chi connectivity index (χ0) is 23.4. The van der Waals surface area contributed by atoms with E-state index < -0.39 is 28.8 Å². The molecule has 0 saturated heterocycles. The van der Waals surface area contributed by atoms with Crippen LogP contribution >= 0.6 is 23.2 Å². The number of amides is 1. The Hall–Kier alpha value is -3.16. The highest BCUT2D eigenvalue weighted by Crippen LogP contribution is 2.23. The topological polar surface area (TPSA) is 88.4 Å². The molecule has 0 saturated carbocycles. The highest BCUT2D eigenvalue weighted by molar-refractivity contribution is 6.42. The first-order valence-electron chi connectivity index (χ1n) is 9.66. The van der Waals surface area contributed by atoms with Crippen LogP contribution in [0.1, 0.15) is 39.6 Å². The van der Waals surface area contributed by atoms with Crippen molar-refractivity contribution >= 4 is 34.9 Å². The van der Waals surface area contributed by atoms with E-state index in [9.17, 15) is 23.9 Å². The quantitative estimate of drug-likeness (QED) is 0.386. The molecule has 1 amide bonds. The number of aromatic nitrogens is 1. The van der Waals surface area contributed by atoms with Crippen molar-refractivity contribution in [3.05, 3.63) is 91.6 Å². The molecule has 0 atom stereocenters. The number of halogens is 3. The van der Waals surface area contributed by atoms with Crippen molar-refractivity contribution in [2.45, 2.75) is 19.8 Å². The number of hydrogen-bond donors (Lipinski definition) is 2. The molecule has 0 aliphatic heterocycles. The molecule has 32 heavy (non-hydrogen) atoms. The Kier molecular flexibility index (Phi) is 7.33. The van der Waals surface area contributed by atoms with Crippen LogP contribution in [0.5, 0.6) is 5.75 Å². The molecule has 3 rings (SSSR count). The molecule has 9 heteroatoms. The van der Waals surface area contributed by atoms with Crippen LogP contribution in [0.3, 0.4) is 0 Å². The van der Waals surface area contributed by atoms with Crippen molar-refractivity contribution in [1.82, 2.24) is 9.88 Å². The molecule has 2 aromatic carbocycles. The molecule has 0 bridgehead atoms. The first-order chi connectivity index (χ1) is 15.2. The van der Waals surface area contributed by atoms with E-state index in [-0.39, 0.29) is 16.8 Å². The average molecular weight is 477 g/mol. The lowest BCUT2D eigenvalue weighted by Gasteiger charge is -2.11. The van der Waals surface area contributed by atoms with Crippen molar-refractivity contribution in [3.8, 4) is 11.4 Å². The fraction of sp³-hybridized carbons (Fsp3) is 0.174. The van der Waals surface area contributed by atoms with Gasteiger partial charge in [0.25, 0.3) is 11.5 Å². The van der Waals surface area contributed by atoms with Crippen molar-refractivity contribution in [1.29, 1.82) is 0 Å². The standard InChI is InChI=1S/C23H19Cl2FN2O4/c1-13(29)16-6-5-15(12-20(16)26)28-10-8-17(21(30)23(28)32)22(31)27-9-2-3-14-4-7-18(24)19(25)11-14/h4-8,10-12,30H,2-3,9H2,1H3,(H,27,31). The van der Waals surface area contributed by atoms with Gasteiger partial charge in [0.1, 0.15) is 5.82 Å². The van der Waals surface area contributed by atoms with Crippen LogP contribution in [0.2, 0.25) is 10.0 Å². The fourth-order valence-corrected chi connectivity index (χ4v) is 3.46. The van der Waals surface area contributed by atoms with E-state index in [4.69, 9.17) is 23.2 Å². The van der Waals surface area contributed by atoms with Gasteiger partial charge in [-0.25, -0.2) is 4.39 Å². The number of benzene rings is 2. The van der Waals surface area contributed by atoms with E-state index in [1.807, 2.05) is 6.07 Å². The number of rotatable bonds is 7. The maximum Gasteiger partial charge on any atom is 0.298 e. The summed E-state index contributed by atoms with van der Waals surface area (Å²) in [5.74, 6) is -2.61. The zero-order valence-corrected chi connectivity index (χ0v) is 18.5. The molecule has 1 heterocycles. The number of aryl methyl sites for hydroxylation is 1. The van der Waals surface area contributed by atoms with E-state index in [1.54, 1.807) is 12.1 Å². The number of carbonyl (C=O) groups excluding carboxylic acids is 2. The smallest absolute Gasteiger partial charge is 0.298 e. The van der Waals surface area contributed by atoms with E-state index in [0.717, 1.165) is 16.2 Å². The maximum atomic E-state index is 14.1. The number of Topliss-reactive ketones (excluding diaryl/α,β-unsaturated/α-hetero) is 1. The summed E-state index contributed by atoms with van der Waals surface area (Å²) in [6.07, 6.45) is 2.50. The molecule has 3 aromatic rings. The molecule has 0 fully saturated rings. The summed E-state index contributed by atoms with van der Waals surface area (Å²) in [6, 6.07) is 10.2. The summed E-state index contributed by atoms with van der Waals surface area (Å²) in [7, 11) is 0. The number of carbonyl (C=O) groups is 2. The summed E-state index contributed by atoms with van der Waals surface area (Å²) in [5.41, 5.74) is -0.114. The molecule has 6 nitrogen and oxygen atoms in total. The molecule has 0 aliphatic rings. The molecule has 0 radical (unpaired) electrons. The Morgan fingerprint density at radius 3 is 2.47 bits per heavy atom. The summed E-state index contributed by atoms with van der Waals surface area (Å²) >= 11 is 11.9. The average Bonchev–Trinajstić information content (AvgIpc) is 2.75. The Bertz CT molecular complexity index is 1260. The lowest BCUT2D eigenvalue weighted by molar-refractivity contribution is 0.0949. The number of hydrogen-bond acceptors (Lipinski definition) is 4. The van der Waals surface area contributed by atoms with E-state index in [2.05, 4.69) is 5.32 Å². The minimum atomic E-state index is -0.886. The third-order valence-corrected chi connectivity index (χ3v) is 5.57. The third kappa shape index (κ3) is 5.18. The van der Waals surface area contributed by atoms with Gasteiger partial charge in [-0.15, -0.1) is 0 Å². The monoisotopic (exact) mass is 476 g/mol. The second kappa shape index (κ2) is 9.97. The van der Waals surface area contributed by atoms with Gasteiger partial charge in [-0.1, -0.05) is 29.3 Å². The summed E-state index contributed by atoms with van der Waals surface area (Å²) < 4.78 is 15.1. The Labute approximate surface area is 193 Å². The predicted molar refractivity (Wildman–Crippen MR) is 121 cm³/mol. The first-order valence-corrected chi connectivity index (χ1v) is 10.4. The van der Waals surface area contributed by atoms with Crippen molar-refractivity contribution in [3.63, 3.8) is 0 Å².